The molecule has 5 N–H and O–H groups in total. The molecule has 0 bridgehead atoms. The fourth-order valence-electron chi connectivity index (χ4n) is 1.89. The second-order valence-corrected chi connectivity index (χ2v) is 4.55. The van der Waals surface area contributed by atoms with Gasteiger partial charge in [-0.2, -0.15) is 0 Å². The summed E-state index contributed by atoms with van der Waals surface area (Å²) in [4.78, 5) is 0. The summed E-state index contributed by atoms with van der Waals surface area (Å²) in [5, 5.41) is 11.8. The lowest BCUT2D eigenvalue weighted by Gasteiger charge is -2.08. The predicted molar refractivity (Wildman–Crippen MR) is 97.1 cm³/mol. The molecule has 0 saturated carbocycles. The van der Waals surface area contributed by atoms with Gasteiger partial charge in [0.15, 0.2) is 5.82 Å². The number of rotatable bonds is 6. The molecule has 1 heterocycles. The lowest BCUT2D eigenvalue weighted by molar-refractivity contribution is 0.770. The molecule has 0 amide bonds. The Morgan fingerprint density at radius 2 is 1.73 bits per heavy atom. The van der Waals surface area contributed by atoms with Gasteiger partial charge in [-0.3, -0.25) is 0 Å². The molecule has 0 unspecified atom stereocenters. The van der Waals surface area contributed by atoms with E-state index in [-0.39, 0.29) is 30.3 Å². The Kier molecular flexibility index (Phi) is 12.7. The first-order valence-electron chi connectivity index (χ1n) is 6.65. The maximum Gasteiger partial charge on any atom is 0.151 e. The average Bonchev–Trinajstić information content (AvgIpc) is 2.46. The highest BCUT2D eigenvalue weighted by Crippen LogP contribution is 2.19. The molecule has 22 heavy (non-hydrogen) atoms. The maximum atomic E-state index is 5.47. The van der Waals surface area contributed by atoms with Gasteiger partial charge < -0.3 is 16.5 Å². The van der Waals surface area contributed by atoms with Crippen molar-refractivity contribution in [1.29, 1.82) is 0 Å². The van der Waals surface area contributed by atoms with E-state index in [1.807, 2.05) is 37.3 Å². The fraction of sp³-hybridized carbons (Fsp3) is 0.333. The topological polar surface area (TPSA) is 95.3 Å². The zero-order valence-electron chi connectivity index (χ0n) is 12.6. The Bertz CT molecular complexity index is 526. The predicted octanol–water partition coefficient (Wildman–Crippen LogP) is 2.62. The molecule has 2 rings (SSSR count). The SMILES string of the molecule is Cc1cc(-c2ccccc2)nnc1NCCCCN.Cl.Cl.O. The Balaban J connectivity index is 0. The third kappa shape index (κ3) is 6.58. The average molecular weight is 347 g/mol. The molecule has 0 saturated heterocycles. The zero-order valence-corrected chi connectivity index (χ0v) is 14.2. The number of aryl methyl sites for hydroxylation is 1. The Hall–Kier alpha value is -1.40. The molecule has 1 aromatic carbocycles. The molecule has 0 aliphatic heterocycles. The second kappa shape index (κ2) is 12.2. The number of halogens is 2. The van der Waals surface area contributed by atoms with Crippen LogP contribution in [0.15, 0.2) is 36.4 Å². The van der Waals surface area contributed by atoms with Gasteiger partial charge in [0.1, 0.15) is 0 Å². The minimum atomic E-state index is 0. The highest BCUT2D eigenvalue weighted by molar-refractivity contribution is 5.85. The third-order valence-electron chi connectivity index (χ3n) is 2.98. The fourth-order valence-corrected chi connectivity index (χ4v) is 1.89. The summed E-state index contributed by atoms with van der Waals surface area (Å²) in [6.07, 6.45) is 2.08. The van der Waals surface area contributed by atoms with Gasteiger partial charge in [-0.15, -0.1) is 35.0 Å². The standard InChI is InChI=1S/C15H20N4.2ClH.H2O/c1-12-11-14(13-7-3-2-4-8-13)18-19-15(12)17-10-6-5-9-16;;;/h2-4,7-8,11H,5-6,9-10,16H2,1H3,(H,17,19);2*1H;1H2. The van der Waals surface area contributed by atoms with Crippen molar-refractivity contribution in [2.45, 2.75) is 19.8 Å². The number of hydrogen-bond donors (Lipinski definition) is 2. The molecule has 124 valence electrons. The molecule has 0 fully saturated rings. The van der Waals surface area contributed by atoms with E-state index < -0.39 is 0 Å². The molecule has 0 aliphatic carbocycles. The van der Waals surface area contributed by atoms with Crippen molar-refractivity contribution >= 4 is 30.6 Å². The van der Waals surface area contributed by atoms with E-state index in [1.54, 1.807) is 0 Å². The van der Waals surface area contributed by atoms with Crippen LogP contribution in [-0.2, 0) is 0 Å². The van der Waals surface area contributed by atoms with Crippen LogP contribution in [0.2, 0.25) is 0 Å². The number of aromatic nitrogens is 2. The first-order valence-corrected chi connectivity index (χ1v) is 6.65. The molecule has 1 aromatic heterocycles. The van der Waals surface area contributed by atoms with Gasteiger partial charge in [-0.05, 0) is 37.9 Å². The van der Waals surface area contributed by atoms with Crippen LogP contribution < -0.4 is 11.1 Å². The van der Waals surface area contributed by atoms with Crippen molar-refractivity contribution in [1.82, 2.24) is 10.2 Å². The van der Waals surface area contributed by atoms with Gasteiger partial charge in [0.05, 0.1) is 5.69 Å². The quantitative estimate of drug-likeness (QED) is 0.785. The zero-order chi connectivity index (χ0) is 13.5. The molecule has 5 nitrogen and oxygen atoms in total. The number of unbranched alkanes of at least 4 members (excludes halogenated alkanes) is 1. The number of nitrogens with one attached hydrogen (secondary N) is 1. The summed E-state index contributed by atoms with van der Waals surface area (Å²) in [7, 11) is 0. The lowest BCUT2D eigenvalue weighted by atomic mass is 10.1. The van der Waals surface area contributed by atoms with Gasteiger partial charge in [0, 0.05) is 12.1 Å². The smallest absolute Gasteiger partial charge is 0.151 e. The van der Waals surface area contributed by atoms with E-state index >= 15 is 0 Å². The minimum absolute atomic E-state index is 0. The van der Waals surface area contributed by atoms with Gasteiger partial charge in [0.2, 0.25) is 0 Å². The van der Waals surface area contributed by atoms with E-state index in [0.717, 1.165) is 48.6 Å². The van der Waals surface area contributed by atoms with Gasteiger partial charge in [-0.1, -0.05) is 30.3 Å². The summed E-state index contributed by atoms with van der Waals surface area (Å²) in [5.41, 5.74) is 8.58. The number of nitrogens with zero attached hydrogens (tertiary/aromatic N) is 2. The van der Waals surface area contributed by atoms with Crippen LogP contribution in [0.25, 0.3) is 11.3 Å². The normalized spacial score (nSPS) is 9.00. The largest absolute Gasteiger partial charge is 0.412 e. The van der Waals surface area contributed by atoms with Crippen molar-refractivity contribution in [3.05, 3.63) is 42.0 Å². The van der Waals surface area contributed by atoms with Crippen molar-refractivity contribution in [3.8, 4) is 11.3 Å². The van der Waals surface area contributed by atoms with Crippen molar-refractivity contribution in [2.75, 3.05) is 18.4 Å². The lowest BCUT2D eigenvalue weighted by Crippen LogP contribution is -2.08. The monoisotopic (exact) mass is 346 g/mol. The van der Waals surface area contributed by atoms with E-state index in [2.05, 4.69) is 21.6 Å². The van der Waals surface area contributed by atoms with Crippen LogP contribution in [0.5, 0.6) is 0 Å². The van der Waals surface area contributed by atoms with Gasteiger partial charge in [0.25, 0.3) is 0 Å². The van der Waals surface area contributed by atoms with Gasteiger partial charge >= 0.3 is 0 Å². The molecule has 0 spiro atoms. The van der Waals surface area contributed by atoms with E-state index in [1.165, 1.54) is 0 Å². The van der Waals surface area contributed by atoms with Crippen LogP contribution in [0.3, 0.4) is 0 Å². The molecule has 2 aromatic rings. The molecular weight excluding hydrogens is 323 g/mol. The van der Waals surface area contributed by atoms with Crippen molar-refractivity contribution in [3.63, 3.8) is 0 Å². The van der Waals surface area contributed by atoms with Crippen molar-refractivity contribution < 1.29 is 5.48 Å². The Morgan fingerprint density at radius 1 is 1.05 bits per heavy atom. The Labute approximate surface area is 143 Å². The van der Waals surface area contributed by atoms with E-state index in [9.17, 15) is 0 Å². The van der Waals surface area contributed by atoms with Crippen LogP contribution >= 0.6 is 24.8 Å². The van der Waals surface area contributed by atoms with Crippen LogP contribution in [0.4, 0.5) is 5.82 Å². The molecule has 0 radical (unpaired) electrons. The van der Waals surface area contributed by atoms with E-state index in [4.69, 9.17) is 5.73 Å². The van der Waals surface area contributed by atoms with Crippen molar-refractivity contribution in [2.24, 2.45) is 5.73 Å². The molecular formula is C15H24Cl2N4O. The Morgan fingerprint density at radius 3 is 2.32 bits per heavy atom. The highest BCUT2D eigenvalue weighted by Gasteiger charge is 2.04. The molecule has 7 heteroatoms. The second-order valence-electron chi connectivity index (χ2n) is 4.55. The summed E-state index contributed by atoms with van der Waals surface area (Å²) in [6, 6.07) is 12.1. The number of benzene rings is 1. The number of nitrogens with two attached hydrogens (primary N) is 1. The molecule has 0 atom stereocenters. The number of hydrogen-bond acceptors (Lipinski definition) is 4. The van der Waals surface area contributed by atoms with Gasteiger partial charge in [-0.25, -0.2) is 0 Å². The minimum Gasteiger partial charge on any atom is -0.412 e. The van der Waals surface area contributed by atoms with Crippen LogP contribution in [0.1, 0.15) is 18.4 Å². The third-order valence-corrected chi connectivity index (χ3v) is 2.98. The van der Waals surface area contributed by atoms with E-state index in [0.29, 0.717) is 0 Å². The van der Waals surface area contributed by atoms with Crippen LogP contribution in [-0.4, -0.2) is 28.8 Å². The maximum absolute atomic E-state index is 5.47. The first kappa shape index (κ1) is 22.9. The van der Waals surface area contributed by atoms with Crippen LogP contribution in [0, 0.1) is 6.92 Å². The summed E-state index contributed by atoms with van der Waals surface area (Å²) in [6.45, 7) is 3.67. The summed E-state index contributed by atoms with van der Waals surface area (Å²) < 4.78 is 0. The summed E-state index contributed by atoms with van der Waals surface area (Å²) in [5.74, 6) is 0.858. The molecule has 0 aliphatic rings. The number of anilines is 1. The first-order chi connectivity index (χ1) is 9.31. The highest BCUT2D eigenvalue weighted by atomic mass is 35.5. The summed E-state index contributed by atoms with van der Waals surface area (Å²) >= 11 is 0.